The molecular weight excluding hydrogens is 294 g/mol. The van der Waals surface area contributed by atoms with Crippen LogP contribution in [0.3, 0.4) is 0 Å². The molecule has 0 spiro atoms. The van der Waals surface area contributed by atoms with Gasteiger partial charge >= 0.3 is 6.03 Å². The fraction of sp³-hybridized carbons (Fsp3) is 0.188. The van der Waals surface area contributed by atoms with Gasteiger partial charge in [0, 0.05) is 18.0 Å². The molecule has 3 rings (SSSR count). The Balaban J connectivity index is 1.60. The first kappa shape index (κ1) is 14.8. The van der Waals surface area contributed by atoms with Gasteiger partial charge in [0.25, 0.3) is 0 Å². The van der Waals surface area contributed by atoms with Gasteiger partial charge in [-0.2, -0.15) is 0 Å². The molecule has 7 heteroatoms. The molecule has 0 aromatic carbocycles. The standard InChI is InChI=1S/C16H17N5O2/c1-11-4-3-5-14-19-13(10-21(11)14)9-18-16(22)20-12-6-7-15(23-2)17-8-12/h3-8,10H,9H2,1-2H3,(H2,18,20,22). The van der Waals surface area contributed by atoms with Crippen LogP contribution < -0.4 is 15.4 Å². The number of pyridine rings is 2. The van der Waals surface area contributed by atoms with E-state index in [-0.39, 0.29) is 6.03 Å². The van der Waals surface area contributed by atoms with Gasteiger partial charge in [0.2, 0.25) is 5.88 Å². The Morgan fingerprint density at radius 3 is 2.87 bits per heavy atom. The van der Waals surface area contributed by atoms with E-state index in [9.17, 15) is 4.79 Å². The number of imidazole rings is 1. The summed E-state index contributed by atoms with van der Waals surface area (Å²) in [6.07, 6.45) is 3.45. The zero-order valence-corrected chi connectivity index (χ0v) is 12.9. The first-order valence-corrected chi connectivity index (χ1v) is 7.14. The molecule has 0 aliphatic rings. The van der Waals surface area contributed by atoms with E-state index in [1.807, 2.05) is 35.7 Å². The van der Waals surface area contributed by atoms with Gasteiger partial charge in [-0.25, -0.2) is 14.8 Å². The number of nitrogens with one attached hydrogen (secondary N) is 2. The second kappa shape index (κ2) is 6.35. The van der Waals surface area contributed by atoms with Crippen LogP contribution in [0.25, 0.3) is 5.65 Å². The molecule has 0 aliphatic heterocycles. The first-order chi connectivity index (χ1) is 11.2. The summed E-state index contributed by atoms with van der Waals surface area (Å²) in [7, 11) is 1.54. The van der Waals surface area contributed by atoms with Crippen molar-refractivity contribution in [3.8, 4) is 5.88 Å². The number of aromatic nitrogens is 3. The highest BCUT2D eigenvalue weighted by Crippen LogP contribution is 2.11. The summed E-state index contributed by atoms with van der Waals surface area (Å²) in [6, 6.07) is 8.98. The highest BCUT2D eigenvalue weighted by Gasteiger charge is 2.06. The molecular formula is C16H17N5O2. The summed E-state index contributed by atoms with van der Waals surface area (Å²) in [6.45, 7) is 2.35. The average molecular weight is 311 g/mol. The molecule has 118 valence electrons. The third-order valence-corrected chi connectivity index (χ3v) is 3.38. The van der Waals surface area contributed by atoms with E-state index in [2.05, 4.69) is 20.6 Å². The first-order valence-electron chi connectivity index (χ1n) is 7.14. The number of carbonyl (C=O) groups is 1. The molecule has 2 amide bonds. The van der Waals surface area contributed by atoms with Crippen molar-refractivity contribution >= 4 is 17.4 Å². The minimum absolute atomic E-state index is 0.314. The molecule has 0 bridgehead atoms. The Hall–Kier alpha value is -3.09. The highest BCUT2D eigenvalue weighted by atomic mass is 16.5. The van der Waals surface area contributed by atoms with Crippen LogP contribution in [0.5, 0.6) is 5.88 Å². The number of hydrogen-bond donors (Lipinski definition) is 2. The summed E-state index contributed by atoms with van der Waals surface area (Å²) < 4.78 is 6.96. The second-order valence-corrected chi connectivity index (χ2v) is 5.02. The number of nitrogens with zero attached hydrogens (tertiary/aromatic N) is 3. The number of urea groups is 1. The summed E-state index contributed by atoms with van der Waals surface area (Å²) in [4.78, 5) is 20.4. The van der Waals surface area contributed by atoms with E-state index >= 15 is 0 Å². The van der Waals surface area contributed by atoms with Crippen LogP contribution in [-0.2, 0) is 6.54 Å². The Kier molecular flexibility index (Phi) is 4.09. The van der Waals surface area contributed by atoms with Gasteiger partial charge in [-0.1, -0.05) is 6.07 Å². The lowest BCUT2D eigenvalue weighted by atomic mass is 10.4. The monoisotopic (exact) mass is 311 g/mol. The zero-order chi connectivity index (χ0) is 16.2. The highest BCUT2D eigenvalue weighted by molar-refractivity contribution is 5.88. The van der Waals surface area contributed by atoms with Crippen LogP contribution in [0, 0.1) is 6.92 Å². The number of fused-ring (bicyclic) bond motifs is 1. The summed E-state index contributed by atoms with van der Waals surface area (Å²) in [5.74, 6) is 0.496. The van der Waals surface area contributed by atoms with E-state index < -0.39 is 0 Å². The predicted octanol–water partition coefficient (Wildman–Crippen LogP) is 2.37. The van der Waals surface area contributed by atoms with Gasteiger partial charge < -0.3 is 19.8 Å². The molecule has 3 heterocycles. The number of hydrogen-bond acceptors (Lipinski definition) is 4. The topological polar surface area (TPSA) is 80.5 Å². The Morgan fingerprint density at radius 2 is 2.17 bits per heavy atom. The maximum Gasteiger partial charge on any atom is 0.319 e. The predicted molar refractivity (Wildman–Crippen MR) is 86.6 cm³/mol. The second-order valence-electron chi connectivity index (χ2n) is 5.02. The number of rotatable bonds is 4. The Labute approximate surface area is 133 Å². The van der Waals surface area contributed by atoms with Gasteiger partial charge in [0.15, 0.2) is 0 Å². The fourth-order valence-electron chi connectivity index (χ4n) is 2.21. The molecule has 7 nitrogen and oxygen atoms in total. The minimum atomic E-state index is -0.314. The van der Waals surface area contributed by atoms with Crippen LogP contribution in [0.4, 0.5) is 10.5 Å². The molecule has 3 aromatic heterocycles. The lowest BCUT2D eigenvalue weighted by Gasteiger charge is -2.06. The van der Waals surface area contributed by atoms with E-state index in [0.717, 1.165) is 17.0 Å². The average Bonchev–Trinajstić information content (AvgIpc) is 2.98. The smallest absolute Gasteiger partial charge is 0.319 e. The summed E-state index contributed by atoms with van der Waals surface area (Å²) in [5, 5.41) is 5.48. The van der Waals surface area contributed by atoms with Gasteiger partial charge in [-0.05, 0) is 25.1 Å². The van der Waals surface area contributed by atoms with E-state index in [1.54, 1.807) is 19.2 Å². The van der Waals surface area contributed by atoms with Crippen molar-refractivity contribution in [2.24, 2.45) is 0 Å². The maximum absolute atomic E-state index is 11.9. The number of methoxy groups -OCH3 is 1. The lowest BCUT2D eigenvalue weighted by molar-refractivity contribution is 0.251. The van der Waals surface area contributed by atoms with Gasteiger partial charge in [-0.15, -0.1) is 0 Å². The third-order valence-electron chi connectivity index (χ3n) is 3.38. The van der Waals surface area contributed by atoms with Crippen molar-refractivity contribution in [1.82, 2.24) is 19.7 Å². The minimum Gasteiger partial charge on any atom is -0.481 e. The normalized spacial score (nSPS) is 10.5. The van der Waals surface area contributed by atoms with Crippen LogP contribution in [0.15, 0.2) is 42.7 Å². The molecule has 0 saturated heterocycles. The lowest BCUT2D eigenvalue weighted by Crippen LogP contribution is -2.28. The van der Waals surface area contributed by atoms with Crippen molar-refractivity contribution in [3.05, 3.63) is 54.1 Å². The van der Waals surface area contributed by atoms with Crippen LogP contribution >= 0.6 is 0 Å². The van der Waals surface area contributed by atoms with Crippen molar-refractivity contribution < 1.29 is 9.53 Å². The summed E-state index contributed by atoms with van der Waals surface area (Å²) in [5.41, 5.74) is 3.34. The largest absolute Gasteiger partial charge is 0.481 e. The molecule has 23 heavy (non-hydrogen) atoms. The van der Waals surface area contributed by atoms with Crippen LogP contribution in [0.2, 0.25) is 0 Å². The molecule has 0 radical (unpaired) electrons. The van der Waals surface area contributed by atoms with Crippen LogP contribution in [-0.4, -0.2) is 27.5 Å². The van der Waals surface area contributed by atoms with E-state index in [4.69, 9.17) is 4.74 Å². The fourth-order valence-corrected chi connectivity index (χ4v) is 2.21. The third kappa shape index (κ3) is 3.39. The van der Waals surface area contributed by atoms with Gasteiger partial charge in [-0.3, -0.25) is 0 Å². The molecule has 2 N–H and O–H groups in total. The molecule has 0 fully saturated rings. The van der Waals surface area contributed by atoms with Crippen LogP contribution in [0.1, 0.15) is 11.4 Å². The molecule has 0 aliphatic carbocycles. The molecule has 0 saturated carbocycles. The Bertz CT molecular complexity index is 826. The van der Waals surface area contributed by atoms with Crippen molar-refractivity contribution in [2.45, 2.75) is 13.5 Å². The van der Waals surface area contributed by atoms with Crippen molar-refractivity contribution in [3.63, 3.8) is 0 Å². The summed E-state index contributed by atoms with van der Waals surface area (Å²) >= 11 is 0. The number of ether oxygens (including phenoxy) is 1. The number of aryl methyl sites for hydroxylation is 1. The number of amides is 2. The van der Waals surface area contributed by atoms with Crippen molar-refractivity contribution in [2.75, 3.05) is 12.4 Å². The van der Waals surface area contributed by atoms with Crippen molar-refractivity contribution in [1.29, 1.82) is 0 Å². The molecule has 3 aromatic rings. The Morgan fingerprint density at radius 1 is 1.30 bits per heavy atom. The van der Waals surface area contributed by atoms with E-state index in [0.29, 0.717) is 18.1 Å². The quantitative estimate of drug-likeness (QED) is 0.775. The van der Waals surface area contributed by atoms with Gasteiger partial charge in [0.05, 0.1) is 31.2 Å². The van der Waals surface area contributed by atoms with Gasteiger partial charge in [0.1, 0.15) is 5.65 Å². The maximum atomic E-state index is 11.9. The number of carbonyl (C=O) groups excluding carboxylic acids is 1. The molecule has 0 unspecified atom stereocenters. The zero-order valence-electron chi connectivity index (χ0n) is 12.9. The SMILES string of the molecule is COc1ccc(NC(=O)NCc2cn3c(C)cccc3n2)cn1. The van der Waals surface area contributed by atoms with E-state index in [1.165, 1.54) is 6.20 Å². The molecule has 0 atom stereocenters. The number of anilines is 1.